The molecule has 2 unspecified atom stereocenters. The second-order valence-electron chi connectivity index (χ2n) is 9.74. The Morgan fingerprint density at radius 3 is 2.68 bits per heavy atom. The maximum Gasteiger partial charge on any atom is 0.216 e. The predicted molar refractivity (Wildman–Crippen MR) is 147 cm³/mol. The lowest BCUT2D eigenvalue weighted by Gasteiger charge is -2.35. The number of Topliss-reactive ketones (excluding diaryl/α,β-unsaturated/α-hetero) is 1. The second kappa shape index (κ2) is 13.7. The third-order valence-electron chi connectivity index (χ3n) is 6.84. The van der Waals surface area contributed by atoms with Crippen LogP contribution in [0.4, 0.5) is 0 Å². The van der Waals surface area contributed by atoms with Gasteiger partial charge in [-0.3, -0.25) is 9.59 Å². The minimum absolute atomic E-state index is 0.0152. The van der Waals surface area contributed by atoms with Gasteiger partial charge < -0.3 is 20.1 Å². The molecule has 7 nitrogen and oxygen atoms in total. The summed E-state index contributed by atoms with van der Waals surface area (Å²) in [5.41, 5.74) is 3.85. The van der Waals surface area contributed by atoms with Crippen molar-refractivity contribution in [3.05, 3.63) is 44.7 Å². The van der Waals surface area contributed by atoms with Gasteiger partial charge in [0.15, 0.2) is 17.3 Å². The van der Waals surface area contributed by atoms with Crippen LogP contribution in [0.2, 0.25) is 0 Å². The number of allylic oxidation sites excluding steroid dienone is 4. The lowest BCUT2D eigenvalue weighted by molar-refractivity contribution is -0.119. The number of nitrogens with zero attached hydrogens (tertiary/aromatic N) is 1. The van der Waals surface area contributed by atoms with E-state index in [2.05, 4.69) is 39.6 Å². The number of hydrogen-bond donors (Lipinski definition) is 2. The zero-order chi connectivity index (χ0) is 26.9. The number of ether oxygens (including phenoxy) is 2. The second-order valence-corrected chi connectivity index (χ2v) is 10.6. The first-order chi connectivity index (χ1) is 17.8. The molecule has 1 aliphatic heterocycles. The molecule has 2 aliphatic rings. The fourth-order valence-electron chi connectivity index (χ4n) is 5.21. The molecule has 1 amide bonds. The summed E-state index contributed by atoms with van der Waals surface area (Å²) in [5, 5.41) is 16.3. The molecule has 2 N–H and O–H groups in total. The first kappa shape index (κ1) is 28.8. The summed E-state index contributed by atoms with van der Waals surface area (Å²) in [7, 11) is 0. The van der Waals surface area contributed by atoms with Gasteiger partial charge in [0.2, 0.25) is 5.91 Å². The molecule has 0 saturated heterocycles. The third-order valence-corrected chi connectivity index (χ3v) is 7.43. The van der Waals surface area contributed by atoms with Crippen LogP contribution in [0.1, 0.15) is 84.1 Å². The molecule has 0 fully saturated rings. The molecule has 1 aliphatic carbocycles. The van der Waals surface area contributed by atoms with Crippen molar-refractivity contribution in [1.29, 1.82) is 5.26 Å². The first-order valence-corrected chi connectivity index (χ1v) is 14.1. The highest BCUT2D eigenvalue weighted by Crippen LogP contribution is 2.47. The largest absolute Gasteiger partial charge is 0.490 e. The maximum atomic E-state index is 13.4. The number of nitrogens with one attached hydrogen (secondary N) is 2. The summed E-state index contributed by atoms with van der Waals surface area (Å²) in [6.07, 6.45) is 6.08. The zero-order valence-corrected chi connectivity index (χ0v) is 23.9. The van der Waals surface area contributed by atoms with Crippen molar-refractivity contribution in [1.82, 2.24) is 10.6 Å². The molecular weight excluding hydrogens is 534 g/mol. The summed E-state index contributed by atoms with van der Waals surface area (Å²) in [4.78, 5) is 24.4. The van der Waals surface area contributed by atoms with Gasteiger partial charge in [0, 0.05) is 36.9 Å². The van der Waals surface area contributed by atoms with Gasteiger partial charge in [0.1, 0.15) is 0 Å². The number of amides is 1. The van der Waals surface area contributed by atoms with Crippen molar-refractivity contribution in [3.8, 4) is 17.6 Å². The van der Waals surface area contributed by atoms with E-state index in [1.165, 1.54) is 6.92 Å². The van der Waals surface area contributed by atoms with E-state index in [9.17, 15) is 14.9 Å². The number of unbranched alkanes of at least 4 members (excludes halogenated alkanes) is 2. The molecule has 2 atom stereocenters. The maximum absolute atomic E-state index is 13.4. The Morgan fingerprint density at radius 2 is 2.00 bits per heavy atom. The molecule has 0 aromatic heterocycles. The molecule has 1 aromatic carbocycles. The summed E-state index contributed by atoms with van der Waals surface area (Å²) in [6, 6.07) is 6.22. The number of ketones is 1. The fourth-order valence-corrected chi connectivity index (χ4v) is 5.79. The van der Waals surface area contributed by atoms with Crippen LogP contribution in [-0.2, 0) is 9.59 Å². The molecule has 1 aromatic rings. The average molecular weight is 573 g/mol. The van der Waals surface area contributed by atoms with Crippen LogP contribution < -0.4 is 20.1 Å². The van der Waals surface area contributed by atoms with E-state index >= 15 is 0 Å². The third kappa shape index (κ3) is 7.16. The number of hydrogen-bond acceptors (Lipinski definition) is 6. The molecule has 1 heterocycles. The monoisotopic (exact) mass is 571 g/mol. The van der Waals surface area contributed by atoms with Gasteiger partial charge in [0.05, 0.1) is 35.2 Å². The van der Waals surface area contributed by atoms with Crippen molar-refractivity contribution in [2.75, 3.05) is 19.8 Å². The molecule has 0 radical (unpaired) electrons. The lowest BCUT2D eigenvalue weighted by Crippen LogP contribution is -2.34. The van der Waals surface area contributed by atoms with Gasteiger partial charge in [-0.15, -0.1) is 0 Å². The highest BCUT2D eigenvalue weighted by Gasteiger charge is 2.39. The molecule has 37 heavy (non-hydrogen) atoms. The molecular formula is C29H38BrN3O4. The van der Waals surface area contributed by atoms with Crippen LogP contribution in [0.5, 0.6) is 11.5 Å². The minimum atomic E-state index is -0.436. The van der Waals surface area contributed by atoms with Crippen LogP contribution in [0, 0.1) is 17.2 Å². The van der Waals surface area contributed by atoms with Crippen molar-refractivity contribution in [2.45, 2.75) is 78.6 Å². The molecule has 3 rings (SSSR count). The molecule has 0 spiro atoms. The van der Waals surface area contributed by atoms with Crippen LogP contribution >= 0.6 is 15.9 Å². The SMILES string of the molecule is CCCC1CC(=O)C2=C(C1)NC(C)=C(C#N)C2c1cc(Br)c(OCCCCCNC(C)=O)c(OCC)c1. The molecule has 0 saturated carbocycles. The number of carbonyl (C=O) groups is 2. The first-order valence-electron chi connectivity index (χ1n) is 13.3. The highest BCUT2D eigenvalue weighted by atomic mass is 79.9. The molecule has 0 bridgehead atoms. The minimum Gasteiger partial charge on any atom is -0.490 e. The van der Waals surface area contributed by atoms with Gasteiger partial charge in [0.25, 0.3) is 0 Å². The lowest BCUT2D eigenvalue weighted by atomic mass is 9.72. The van der Waals surface area contributed by atoms with Crippen molar-refractivity contribution >= 4 is 27.6 Å². The van der Waals surface area contributed by atoms with E-state index in [1.807, 2.05) is 26.0 Å². The van der Waals surface area contributed by atoms with E-state index in [0.29, 0.717) is 54.7 Å². The van der Waals surface area contributed by atoms with E-state index < -0.39 is 5.92 Å². The Labute approximate surface area is 228 Å². The van der Waals surface area contributed by atoms with E-state index in [1.54, 1.807) is 0 Å². The normalized spacial score (nSPS) is 19.2. The fraction of sp³-hybridized carbons (Fsp3) is 0.552. The number of nitriles is 1. The predicted octanol–water partition coefficient (Wildman–Crippen LogP) is 6.05. The zero-order valence-electron chi connectivity index (χ0n) is 22.3. The number of rotatable bonds is 12. The van der Waals surface area contributed by atoms with Crippen molar-refractivity contribution < 1.29 is 19.1 Å². The Balaban J connectivity index is 1.87. The number of dihydropyridines is 1. The summed E-state index contributed by atoms with van der Waals surface area (Å²) >= 11 is 3.67. The van der Waals surface area contributed by atoms with Crippen LogP contribution in [0.25, 0.3) is 0 Å². The standard InChI is InChI=1S/C29H38BrN3O4/c1-5-10-20-13-24-28(25(35)14-20)27(22(17-31)18(3)33-24)21-15-23(30)29(26(16-21)36-6-2)37-12-9-7-8-11-32-19(4)34/h15-16,20,27,33H,5-14H2,1-4H3,(H,32,34). The van der Waals surface area contributed by atoms with Gasteiger partial charge in [-0.1, -0.05) is 13.3 Å². The van der Waals surface area contributed by atoms with Crippen molar-refractivity contribution in [3.63, 3.8) is 0 Å². The summed E-state index contributed by atoms with van der Waals surface area (Å²) in [6.45, 7) is 9.13. The Kier molecular flexibility index (Phi) is 10.6. The van der Waals surface area contributed by atoms with Gasteiger partial charge >= 0.3 is 0 Å². The topological polar surface area (TPSA) is 100 Å². The highest BCUT2D eigenvalue weighted by molar-refractivity contribution is 9.10. The Morgan fingerprint density at radius 1 is 1.22 bits per heavy atom. The quantitative estimate of drug-likeness (QED) is 0.296. The van der Waals surface area contributed by atoms with Crippen LogP contribution in [0.3, 0.4) is 0 Å². The summed E-state index contributed by atoms with van der Waals surface area (Å²) in [5.74, 6) is 1.21. The van der Waals surface area contributed by atoms with Gasteiger partial charge in [-0.2, -0.15) is 5.26 Å². The number of halogens is 1. The average Bonchev–Trinajstić information content (AvgIpc) is 2.84. The number of carbonyl (C=O) groups excluding carboxylic acids is 2. The van der Waals surface area contributed by atoms with E-state index in [-0.39, 0.29) is 11.7 Å². The van der Waals surface area contributed by atoms with Gasteiger partial charge in [-0.25, -0.2) is 0 Å². The van der Waals surface area contributed by atoms with E-state index in [0.717, 1.165) is 60.0 Å². The van der Waals surface area contributed by atoms with Crippen LogP contribution in [-0.4, -0.2) is 31.4 Å². The molecule has 8 heteroatoms. The summed E-state index contributed by atoms with van der Waals surface area (Å²) < 4.78 is 12.8. The number of benzene rings is 1. The smallest absolute Gasteiger partial charge is 0.216 e. The molecule has 200 valence electrons. The van der Waals surface area contributed by atoms with Gasteiger partial charge in [-0.05, 0) is 85.5 Å². The van der Waals surface area contributed by atoms with E-state index in [4.69, 9.17) is 9.47 Å². The Bertz CT molecular complexity index is 1120. The van der Waals surface area contributed by atoms with Crippen molar-refractivity contribution in [2.24, 2.45) is 5.92 Å². The van der Waals surface area contributed by atoms with Crippen LogP contribution in [0.15, 0.2) is 39.1 Å². The Hall–Kier alpha value is -2.79.